The lowest BCUT2D eigenvalue weighted by Crippen LogP contribution is -2.40. The molecular weight excluding hydrogens is 324 g/mol. The van der Waals surface area contributed by atoms with Crippen molar-refractivity contribution in [1.29, 1.82) is 0 Å². The van der Waals surface area contributed by atoms with E-state index in [0.29, 0.717) is 23.0 Å². The van der Waals surface area contributed by atoms with Crippen LogP contribution < -0.4 is 20.1 Å². The molecule has 0 heterocycles. The molecule has 0 atom stereocenters. The summed E-state index contributed by atoms with van der Waals surface area (Å²) < 4.78 is 10.2. The maximum absolute atomic E-state index is 12.1. The lowest BCUT2D eigenvalue weighted by molar-refractivity contribution is 0.0976. The molecule has 0 aliphatic carbocycles. The molecule has 2 aromatic rings. The summed E-state index contributed by atoms with van der Waals surface area (Å²) in [6, 6.07) is 14.7. The van der Waals surface area contributed by atoms with Crippen LogP contribution in [0, 0.1) is 0 Å². The van der Waals surface area contributed by atoms with Crippen LogP contribution in [0.25, 0.3) is 0 Å². The van der Waals surface area contributed by atoms with Gasteiger partial charge in [-0.15, -0.1) is 0 Å². The van der Waals surface area contributed by atoms with Crippen LogP contribution in [0.15, 0.2) is 48.5 Å². The van der Waals surface area contributed by atoms with Gasteiger partial charge in [-0.1, -0.05) is 12.1 Å². The number of rotatable bonds is 6. The molecule has 5 nitrogen and oxygen atoms in total. The second-order valence-corrected chi connectivity index (χ2v) is 5.44. The number of carbonyl (C=O) groups is 1. The summed E-state index contributed by atoms with van der Waals surface area (Å²) >= 11 is 5.15. The van der Waals surface area contributed by atoms with Crippen LogP contribution in [0.1, 0.15) is 15.9 Å². The van der Waals surface area contributed by atoms with Crippen LogP contribution in [0.3, 0.4) is 0 Å². The van der Waals surface area contributed by atoms with Crippen molar-refractivity contribution in [2.45, 2.75) is 6.42 Å². The van der Waals surface area contributed by atoms with Gasteiger partial charge in [-0.05, 0) is 60.6 Å². The third-order valence-electron chi connectivity index (χ3n) is 3.44. The molecule has 1 amide bonds. The van der Waals surface area contributed by atoms with Crippen molar-refractivity contribution in [2.75, 3.05) is 20.8 Å². The third-order valence-corrected chi connectivity index (χ3v) is 3.68. The standard InChI is InChI=1S/C18H20N2O3S/c1-22-15-7-3-13(4-8-15)11-12-19-18(24)20-17(21)14-5-9-16(23-2)10-6-14/h3-10H,11-12H2,1-2H3,(H2,19,20,21,24). The van der Waals surface area contributed by atoms with Gasteiger partial charge >= 0.3 is 0 Å². The Bertz CT molecular complexity index is 684. The number of nitrogens with one attached hydrogen (secondary N) is 2. The number of benzene rings is 2. The molecule has 2 rings (SSSR count). The van der Waals surface area contributed by atoms with Gasteiger partial charge in [-0.3, -0.25) is 10.1 Å². The van der Waals surface area contributed by atoms with Crippen LogP contribution in [-0.4, -0.2) is 31.8 Å². The van der Waals surface area contributed by atoms with Crippen molar-refractivity contribution >= 4 is 23.2 Å². The average Bonchev–Trinajstić information content (AvgIpc) is 2.62. The van der Waals surface area contributed by atoms with Gasteiger partial charge in [0.15, 0.2) is 5.11 Å². The van der Waals surface area contributed by atoms with Crippen molar-refractivity contribution < 1.29 is 14.3 Å². The zero-order valence-corrected chi connectivity index (χ0v) is 14.5. The van der Waals surface area contributed by atoms with Gasteiger partial charge < -0.3 is 14.8 Å². The number of ether oxygens (including phenoxy) is 2. The van der Waals surface area contributed by atoms with E-state index < -0.39 is 0 Å². The molecule has 6 heteroatoms. The lowest BCUT2D eigenvalue weighted by atomic mass is 10.1. The number of hydrogen-bond donors (Lipinski definition) is 2. The fourth-order valence-corrected chi connectivity index (χ4v) is 2.27. The monoisotopic (exact) mass is 344 g/mol. The van der Waals surface area contributed by atoms with Crippen molar-refractivity contribution in [2.24, 2.45) is 0 Å². The quantitative estimate of drug-likeness (QED) is 0.789. The molecule has 0 bridgehead atoms. The number of carbonyl (C=O) groups excluding carboxylic acids is 1. The first kappa shape index (κ1) is 17.7. The number of thiocarbonyl (C=S) groups is 1. The second-order valence-electron chi connectivity index (χ2n) is 5.04. The molecule has 2 aromatic carbocycles. The summed E-state index contributed by atoms with van der Waals surface area (Å²) in [6.45, 7) is 0.633. The van der Waals surface area contributed by atoms with Crippen LogP contribution in [0.2, 0.25) is 0 Å². The normalized spacial score (nSPS) is 9.92. The Morgan fingerprint density at radius 2 is 1.50 bits per heavy atom. The summed E-state index contributed by atoms with van der Waals surface area (Å²) in [6.07, 6.45) is 0.794. The predicted molar refractivity (Wildman–Crippen MR) is 97.8 cm³/mol. The highest BCUT2D eigenvalue weighted by molar-refractivity contribution is 7.80. The second kappa shape index (κ2) is 8.88. The highest BCUT2D eigenvalue weighted by Gasteiger charge is 2.07. The Morgan fingerprint density at radius 1 is 0.958 bits per heavy atom. The van der Waals surface area contributed by atoms with Crippen molar-refractivity contribution in [1.82, 2.24) is 10.6 Å². The molecular formula is C18H20N2O3S. The molecule has 0 spiro atoms. The average molecular weight is 344 g/mol. The van der Waals surface area contributed by atoms with Crippen LogP contribution >= 0.6 is 12.2 Å². The zero-order valence-electron chi connectivity index (χ0n) is 13.7. The topological polar surface area (TPSA) is 59.6 Å². The minimum absolute atomic E-state index is 0.250. The van der Waals surface area contributed by atoms with Gasteiger partial charge in [0.1, 0.15) is 11.5 Å². The van der Waals surface area contributed by atoms with Crippen LogP contribution in [-0.2, 0) is 6.42 Å². The fourth-order valence-electron chi connectivity index (χ4n) is 2.07. The Labute approximate surface area is 147 Å². The van der Waals surface area contributed by atoms with E-state index in [9.17, 15) is 4.79 Å². The van der Waals surface area contributed by atoms with E-state index in [1.165, 1.54) is 0 Å². The molecule has 0 aliphatic heterocycles. The molecule has 0 fully saturated rings. The van der Waals surface area contributed by atoms with E-state index in [4.69, 9.17) is 21.7 Å². The smallest absolute Gasteiger partial charge is 0.257 e. The predicted octanol–water partition coefficient (Wildman–Crippen LogP) is 2.55. The maximum Gasteiger partial charge on any atom is 0.257 e. The zero-order chi connectivity index (χ0) is 17.4. The van der Waals surface area contributed by atoms with Gasteiger partial charge in [-0.2, -0.15) is 0 Å². The van der Waals surface area contributed by atoms with E-state index in [-0.39, 0.29) is 5.91 Å². The minimum atomic E-state index is -0.250. The molecule has 0 radical (unpaired) electrons. The summed E-state index contributed by atoms with van der Waals surface area (Å²) in [5, 5.41) is 5.99. The molecule has 24 heavy (non-hydrogen) atoms. The van der Waals surface area contributed by atoms with E-state index in [2.05, 4.69) is 10.6 Å². The van der Waals surface area contributed by atoms with Gasteiger partial charge in [0, 0.05) is 12.1 Å². The first-order chi connectivity index (χ1) is 11.6. The first-order valence-electron chi connectivity index (χ1n) is 7.48. The van der Waals surface area contributed by atoms with E-state index in [1.54, 1.807) is 38.5 Å². The maximum atomic E-state index is 12.1. The molecule has 0 saturated heterocycles. The largest absolute Gasteiger partial charge is 0.497 e. The number of methoxy groups -OCH3 is 2. The highest BCUT2D eigenvalue weighted by atomic mass is 32.1. The molecule has 0 saturated carbocycles. The third kappa shape index (κ3) is 5.24. The molecule has 0 unspecified atom stereocenters. The molecule has 2 N–H and O–H groups in total. The summed E-state index contributed by atoms with van der Waals surface area (Å²) in [4.78, 5) is 12.1. The van der Waals surface area contributed by atoms with Gasteiger partial charge in [0.2, 0.25) is 0 Å². The molecule has 126 valence electrons. The van der Waals surface area contributed by atoms with Gasteiger partial charge in [-0.25, -0.2) is 0 Å². The Hall–Kier alpha value is -2.60. The van der Waals surface area contributed by atoms with Crippen molar-refractivity contribution in [3.63, 3.8) is 0 Å². The Morgan fingerprint density at radius 3 is 2.04 bits per heavy atom. The van der Waals surface area contributed by atoms with Crippen LogP contribution in [0.4, 0.5) is 0 Å². The van der Waals surface area contributed by atoms with Gasteiger partial charge in [0.25, 0.3) is 5.91 Å². The minimum Gasteiger partial charge on any atom is -0.497 e. The number of hydrogen-bond acceptors (Lipinski definition) is 4. The summed E-state index contributed by atoms with van der Waals surface area (Å²) in [5.74, 6) is 1.28. The van der Waals surface area contributed by atoms with Gasteiger partial charge in [0.05, 0.1) is 14.2 Å². The Balaban J connectivity index is 1.76. The van der Waals surface area contributed by atoms with E-state index >= 15 is 0 Å². The highest BCUT2D eigenvalue weighted by Crippen LogP contribution is 2.12. The summed E-state index contributed by atoms with van der Waals surface area (Å²) in [5.41, 5.74) is 1.68. The Kier molecular flexibility index (Phi) is 6.57. The SMILES string of the molecule is COc1ccc(CCNC(=S)NC(=O)c2ccc(OC)cc2)cc1. The van der Waals surface area contributed by atoms with Crippen molar-refractivity contribution in [3.8, 4) is 11.5 Å². The molecule has 0 aromatic heterocycles. The van der Waals surface area contributed by atoms with Crippen molar-refractivity contribution in [3.05, 3.63) is 59.7 Å². The summed E-state index contributed by atoms with van der Waals surface area (Å²) in [7, 11) is 3.22. The number of amides is 1. The molecule has 0 aliphatic rings. The first-order valence-corrected chi connectivity index (χ1v) is 7.89. The van der Waals surface area contributed by atoms with Crippen LogP contribution in [0.5, 0.6) is 11.5 Å². The van der Waals surface area contributed by atoms with E-state index in [1.807, 2.05) is 24.3 Å². The fraction of sp³-hybridized carbons (Fsp3) is 0.222. The van der Waals surface area contributed by atoms with E-state index in [0.717, 1.165) is 17.7 Å². The lowest BCUT2D eigenvalue weighted by Gasteiger charge is -2.10.